The van der Waals surface area contributed by atoms with Gasteiger partial charge in [-0.2, -0.15) is 5.26 Å². The lowest BCUT2D eigenvalue weighted by Crippen LogP contribution is -1.94. The SMILES string of the molecule is [C-]#[N+]c1cccc(-c2cc(Cl)c(C#N)c(-c3ccc(Oc4ccccc4)cc3)n2)c1. The lowest BCUT2D eigenvalue weighted by atomic mass is 10.0. The summed E-state index contributed by atoms with van der Waals surface area (Å²) in [4.78, 5) is 8.14. The van der Waals surface area contributed by atoms with Gasteiger partial charge in [0.15, 0.2) is 5.69 Å². The Morgan fingerprint density at radius 3 is 2.30 bits per heavy atom. The Bertz CT molecular complexity index is 1290. The molecule has 0 unspecified atom stereocenters. The fraction of sp³-hybridized carbons (Fsp3) is 0. The summed E-state index contributed by atoms with van der Waals surface area (Å²) < 4.78 is 5.83. The molecule has 0 spiro atoms. The number of rotatable bonds is 4. The Labute approximate surface area is 179 Å². The molecule has 0 radical (unpaired) electrons. The number of hydrogen-bond donors (Lipinski definition) is 0. The van der Waals surface area contributed by atoms with E-state index in [9.17, 15) is 5.26 Å². The lowest BCUT2D eigenvalue weighted by molar-refractivity contribution is 0.483. The van der Waals surface area contributed by atoms with Gasteiger partial charge in [-0.25, -0.2) is 9.83 Å². The fourth-order valence-electron chi connectivity index (χ4n) is 3.02. The van der Waals surface area contributed by atoms with Gasteiger partial charge in [0, 0.05) is 5.56 Å². The van der Waals surface area contributed by atoms with E-state index in [1.807, 2.05) is 60.7 Å². The van der Waals surface area contributed by atoms with Crippen LogP contribution in [0.15, 0.2) is 84.9 Å². The molecule has 0 amide bonds. The van der Waals surface area contributed by atoms with Crippen LogP contribution >= 0.6 is 11.6 Å². The number of nitrogens with zero attached hydrogens (tertiary/aromatic N) is 3. The van der Waals surface area contributed by atoms with Gasteiger partial charge in [0.1, 0.15) is 17.6 Å². The van der Waals surface area contributed by atoms with Crippen LogP contribution in [0.1, 0.15) is 5.56 Å². The predicted octanol–water partition coefficient (Wildman–Crippen LogP) is 7.28. The van der Waals surface area contributed by atoms with Crippen molar-refractivity contribution in [2.75, 3.05) is 0 Å². The van der Waals surface area contributed by atoms with Crippen LogP contribution in [0.3, 0.4) is 0 Å². The van der Waals surface area contributed by atoms with Crippen molar-refractivity contribution in [3.8, 4) is 40.1 Å². The van der Waals surface area contributed by atoms with Crippen molar-refractivity contribution < 1.29 is 4.74 Å². The Hall–Kier alpha value is -4.12. The van der Waals surface area contributed by atoms with E-state index in [2.05, 4.69) is 15.9 Å². The maximum Gasteiger partial charge on any atom is 0.187 e. The van der Waals surface area contributed by atoms with Crippen LogP contribution in [-0.2, 0) is 0 Å². The molecule has 0 aliphatic carbocycles. The molecule has 1 aromatic heterocycles. The van der Waals surface area contributed by atoms with Gasteiger partial charge in [-0.1, -0.05) is 48.0 Å². The van der Waals surface area contributed by atoms with Crippen molar-refractivity contribution in [2.24, 2.45) is 0 Å². The Kier molecular flexibility index (Phi) is 5.44. The third kappa shape index (κ3) is 4.00. The molecule has 142 valence electrons. The van der Waals surface area contributed by atoms with Gasteiger partial charge in [-0.15, -0.1) is 0 Å². The molecule has 5 heteroatoms. The fourth-order valence-corrected chi connectivity index (χ4v) is 3.25. The van der Waals surface area contributed by atoms with Gasteiger partial charge in [-0.3, -0.25) is 0 Å². The molecule has 0 bridgehead atoms. The molecule has 0 aliphatic heterocycles. The van der Waals surface area contributed by atoms with Crippen LogP contribution in [0, 0.1) is 17.9 Å². The van der Waals surface area contributed by atoms with Gasteiger partial charge >= 0.3 is 0 Å². The normalized spacial score (nSPS) is 10.1. The van der Waals surface area contributed by atoms with E-state index in [4.69, 9.17) is 22.9 Å². The second-order valence-electron chi connectivity index (χ2n) is 6.43. The second-order valence-corrected chi connectivity index (χ2v) is 6.83. The van der Waals surface area contributed by atoms with E-state index in [-0.39, 0.29) is 0 Å². The molecule has 30 heavy (non-hydrogen) atoms. The molecule has 4 nitrogen and oxygen atoms in total. The van der Waals surface area contributed by atoms with Crippen LogP contribution in [0.2, 0.25) is 5.02 Å². The number of pyridine rings is 1. The molecule has 1 heterocycles. The summed E-state index contributed by atoms with van der Waals surface area (Å²) in [5.41, 5.74) is 3.41. The quantitative estimate of drug-likeness (QED) is 0.334. The van der Waals surface area contributed by atoms with Crippen molar-refractivity contribution >= 4 is 17.3 Å². The average Bonchev–Trinajstić information content (AvgIpc) is 2.80. The summed E-state index contributed by atoms with van der Waals surface area (Å²) in [5, 5.41) is 9.93. The van der Waals surface area contributed by atoms with E-state index in [0.29, 0.717) is 33.4 Å². The zero-order valence-corrected chi connectivity index (χ0v) is 16.5. The second kappa shape index (κ2) is 8.49. The summed E-state index contributed by atoms with van der Waals surface area (Å²) >= 11 is 6.40. The Balaban J connectivity index is 1.73. The van der Waals surface area contributed by atoms with Crippen LogP contribution in [-0.4, -0.2) is 4.98 Å². The summed E-state index contributed by atoms with van der Waals surface area (Å²) in [7, 11) is 0. The first-order valence-corrected chi connectivity index (χ1v) is 9.47. The summed E-state index contributed by atoms with van der Waals surface area (Å²) in [6.45, 7) is 7.21. The van der Waals surface area contributed by atoms with Crippen LogP contribution < -0.4 is 4.74 Å². The molecule has 4 rings (SSSR count). The summed E-state index contributed by atoms with van der Waals surface area (Å²) in [5.74, 6) is 1.42. The highest BCUT2D eigenvalue weighted by Crippen LogP contribution is 2.33. The van der Waals surface area contributed by atoms with Crippen LogP contribution in [0.5, 0.6) is 11.5 Å². The third-order valence-electron chi connectivity index (χ3n) is 4.46. The summed E-state index contributed by atoms with van der Waals surface area (Å²) in [6.07, 6.45) is 0. The first kappa shape index (κ1) is 19.2. The van der Waals surface area contributed by atoms with Gasteiger partial charge < -0.3 is 4.74 Å². The number of hydrogen-bond acceptors (Lipinski definition) is 3. The number of halogens is 1. The zero-order valence-electron chi connectivity index (χ0n) is 15.7. The van der Waals surface area contributed by atoms with E-state index >= 15 is 0 Å². The maximum atomic E-state index is 9.61. The number of ether oxygens (including phenoxy) is 1. The molecule has 4 aromatic rings. The molecule has 0 saturated heterocycles. The predicted molar refractivity (Wildman–Crippen MR) is 118 cm³/mol. The van der Waals surface area contributed by atoms with Crippen molar-refractivity contribution in [3.63, 3.8) is 0 Å². The Morgan fingerprint density at radius 2 is 1.60 bits per heavy atom. The minimum atomic E-state index is 0.304. The van der Waals surface area contributed by atoms with Gasteiger partial charge in [-0.05, 0) is 54.1 Å². The van der Waals surface area contributed by atoms with E-state index < -0.39 is 0 Å². The smallest absolute Gasteiger partial charge is 0.187 e. The van der Waals surface area contributed by atoms with Gasteiger partial charge in [0.05, 0.1) is 28.5 Å². The van der Waals surface area contributed by atoms with E-state index in [1.165, 1.54) is 0 Å². The van der Waals surface area contributed by atoms with Crippen molar-refractivity contribution in [3.05, 3.63) is 107 Å². The maximum absolute atomic E-state index is 9.61. The number of para-hydroxylation sites is 1. The lowest BCUT2D eigenvalue weighted by Gasteiger charge is -2.11. The molecular weight excluding hydrogens is 394 g/mol. The molecule has 0 atom stereocenters. The molecule has 3 aromatic carbocycles. The monoisotopic (exact) mass is 407 g/mol. The van der Waals surface area contributed by atoms with Gasteiger partial charge in [0.2, 0.25) is 0 Å². The molecule has 0 aliphatic rings. The molecule has 0 saturated carbocycles. The topological polar surface area (TPSA) is 50.3 Å². The number of benzene rings is 3. The zero-order chi connectivity index (χ0) is 20.9. The van der Waals surface area contributed by atoms with Crippen molar-refractivity contribution in [2.45, 2.75) is 0 Å². The highest BCUT2D eigenvalue weighted by atomic mass is 35.5. The summed E-state index contributed by atoms with van der Waals surface area (Å²) in [6, 6.07) is 27.8. The van der Waals surface area contributed by atoms with E-state index in [1.54, 1.807) is 24.3 Å². The number of nitriles is 1. The number of aromatic nitrogens is 1. The Morgan fingerprint density at radius 1 is 0.867 bits per heavy atom. The first-order valence-electron chi connectivity index (χ1n) is 9.10. The van der Waals surface area contributed by atoms with Crippen LogP contribution in [0.4, 0.5) is 5.69 Å². The van der Waals surface area contributed by atoms with Crippen molar-refractivity contribution in [1.82, 2.24) is 4.98 Å². The largest absolute Gasteiger partial charge is 0.457 e. The minimum Gasteiger partial charge on any atom is -0.457 e. The van der Waals surface area contributed by atoms with Crippen LogP contribution in [0.25, 0.3) is 27.4 Å². The van der Waals surface area contributed by atoms with Gasteiger partial charge in [0.25, 0.3) is 0 Å². The standard InChI is InChI=1S/C25H14ClN3O/c1-28-19-7-5-6-18(14-19)24-15-23(26)22(16-27)25(29-24)17-10-12-21(13-11-17)30-20-8-3-2-4-9-20/h2-15H. The average molecular weight is 408 g/mol. The van der Waals surface area contributed by atoms with Crippen molar-refractivity contribution in [1.29, 1.82) is 5.26 Å². The highest BCUT2D eigenvalue weighted by molar-refractivity contribution is 6.32. The van der Waals surface area contributed by atoms with E-state index in [0.717, 1.165) is 16.9 Å². The minimum absolute atomic E-state index is 0.304. The molecular formula is C25H14ClN3O. The highest BCUT2D eigenvalue weighted by Gasteiger charge is 2.15. The third-order valence-corrected chi connectivity index (χ3v) is 4.76. The molecule has 0 fully saturated rings. The first-order chi connectivity index (χ1) is 14.7. The molecule has 0 N–H and O–H groups in total.